The first kappa shape index (κ1) is 18.2. The molecule has 0 saturated carbocycles. The van der Waals surface area contributed by atoms with Gasteiger partial charge in [-0.2, -0.15) is 0 Å². The van der Waals surface area contributed by atoms with Crippen molar-refractivity contribution in [1.82, 2.24) is 15.5 Å². The molecule has 2 saturated heterocycles. The fraction of sp³-hybridized carbons (Fsp3) is 0.650. The number of nitrogens with one attached hydrogen (secondary N) is 2. The first-order valence-electron chi connectivity index (χ1n) is 9.62. The highest BCUT2D eigenvalue weighted by molar-refractivity contribution is 5.85. The van der Waals surface area contributed by atoms with Gasteiger partial charge in [-0.05, 0) is 58.1 Å². The molecule has 0 aliphatic carbocycles. The van der Waals surface area contributed by atoms with E-state index in [0.717, 1.165) is 38.5 Å². The summed E-state index contributed by atoms with van der Waals surface area (Å²) < 4.78 is 6.26. The summed E-state index contributed by atoms with van der Waals surface area (Å²) in [6, 6.07) is 8.44. The van der Waals surface area contributed by atoms with Crippen LogP contribution in [0.1, 0.15) is 38.2 Å². The van der Waals surface area contributed by atoms with Gasteiger partial charge in [0.2, 0.25) is 0 Å². The maximum absolute atomic E-state index is 13.1. The SMILES string of the molecule is CCN1CCCC1CNC(=O)C1(Oc2ccc(C)cc2)CCNCC1. The molecule has 5 heteroatoms. The first-order valence-corrected chi connectivity index (χ1v) is 9.62. The van der Waals surface area contributed by atoms with E-state index in [1.54, 1.807) is 0 Å². The van der Waals surface area contributed by atoms with Crippen LogP contribution in [0.25, 0.3) is 0 Å². The Kier molecular flexibility index (Phi) is 5.97. The summed E-state index contributed by atoms with van der Waals surface area (Å²) in [5.41, 5.74) is 0.438. The quantitative estimate of drug-likeness (QED) is 0.829. The second kappa shape index (κ2) is 8.19. The molecule has 0 spiro atoms. The Balaban J connectivity index is 1.66. The average molecular weight is 345 g/mol. The van der Waals surface area contributed by atoms with Gasteiger partial charge in [-0.25, -0.2) is 0 Å². The molecule has 5 nitrogen and oxygen atoms in total. The van der Waals surface area contributed by atoms with E-state index in [1.807, 2.05) is 24.3 Å². The van der Waals surface area contributed by atoms with Crippen molar-refractivity contribution in [3.63, 3.8) is 0 Å². The first-order chi connectivity index (χ1) is 12.1. The average Bonchev–Trinajstić information content (AvgIpc) is 3.10. The Labute approximate surface area is 151 Å². The Bertz CT molecular complexity index is 567. The second-order valence-electron chi connectivity index (χ2n) is 7.29. The van der Waals surface area contributed by atoms with Gasteiger partial charge in [-0.3, -0.25) is 9.69 Å². The van der Waals surface area contributed by atoms with Gasteiger partial charge < -0.3 is 15.4 Å². The third-order valence-electron chi connectivity index (χ3n) is 5.56. The molecule has 25 heavy (non-hydrogen) atoms. The van der Waals surface area contributed by atoms with Crippen molar-refractivity contribution < 1.29 is 9.53 Å². The molecule has 0 radical (unpaired) electrons. The number of carbonyl (C=O) groups is 1. The largest absolute Gasteiger partial charge is 0.477 e. The van der Waals surface area contributed by atoms with Crippen LogP contribution in [0.5, 0.6) is 5.75 Å². The summed E-state index contributed by atoms with van der Waals surface area (Å²) in [5, 5.41) is 6.53. The molecule has 1 atom stereocenters. The molecule has 2 fully saturated rings. The second-order valence-corrected chi connectivity index (χ2v) is 7.29. The molecule has 2 aliphatic rings. The minimum atomic E-state index is -0.754. The maximum Gasteiger partial charge on any atom is 0.264 e. The summed E-state index contributed by atoms with van der Waals surface area (Å²) in [5.74, 6) is 0.816. The molecular weight excluding hydrogens is 314 g/mol. The number of aryl methyl sites for hydroxylation is 1. The van der Waals surface area contributed by atoms with E-state index in [4.69, 9.17) is 4.74 Å². The van der Waals surface area contributed by atoms with Gasteiger partial charge in [-0.15, -0.1) is 0 Å². The van der Waals surface area contributed by atoms with Gasteiger partial charge in [0, 0.05) is 25.4 Å². The predicted octanol–water partition coefficient (Wildman–Crippen LogP) is 2.10. The lowest BCUT2D eigenvalue weighted by Crippen LogP contribution is -2.58. The topological polar surface area (TPSA) is 53.6 Å². The van der Waals surface area contributed by atoms with E-state index in [1.165, 1.54) is 18.4 Å². The fourth-order valence-corrected chi connectivity index (χ4v) is 3.95. The Hall–Kier alpha value is -1.59. The predicted molar refractivity (Wildman–Crippen MR) is 99.9 cm³/mol. The van der Waals surface area contributed by atoms with Crippen molar-refractivity contribution in [1.29, 1.82) is 0 Å². The van der Waals surface area contributed by atoms with Crippen LogP contribution in [0.4, 0.5) is 0 Å². The number of likely N-dealkylation sites (N-methyl/N-ethyl adjacent to an activating group) is 1. The number of benzene rings is 1. The maximum atomic E-state index is 13.1. The third kappa shape index (κ3) is 4.33. The van der Waals surface area contributed by atoms with E-state index < -0.39 is 5.60 Å². The molecule has 1 amide bonds. The van der Waals surface area contributed by atoms with Crippen molar-refractivity contribution in [3.05, 3.63) is 29.8 Å². The van der Waals surface area contributed by atoms with Crippen LogP contribution in [0.2, 0.25) is 0 Å². The monoisotopic (exact) mass is 345 g/mol. The molecule has 0 bridgehead atoms. The highest BCUT2D eigenvalue weighted by Gasteiger charge is 2.42. The molecule has 1 unspecified atom stereocenters. The number of nitrogens with zero attached hydrogens (tertiary/aromatic N) is 1. The minimum absolute atomic E-state index is 0.0394. The molecule has 2 N–H and O–H groups in total. The molecule has 2 heterocycles. The third-order valence-corrected chi connectivity index (χ3v) is 5.56. The lowest BCUT2D eigenvalue weighted by molar-refractivity contribution is -0.139. The fourth-order valence-electron chi connectivity index (χ4n) is 3.95. The Morgan fingerprint density at radius 2 is 2.04 bits per heavy atom. The van der Waals surface area contributed by atoms with E-state index in [9.17, 15) is 4.79 Å². The van der Waals surface area contributed by atoms with E-state index in [2.05, 4.69) is 29.4 Å². The molecular formula is C20H31N3O2. The van der Waals surface area contributed by atoms with Crippen molar-refractivity contribution in [2.45, 2.75) is 51.2 Å². The van der Waals surface area contributed by atoms with E-state index >= 15 is 0 Å². The van der Waals surface area contributed by atoms with Crippen LogP contribution in [-0.4, -0.2) is 55.2 Å². The van der Waals surface area contributed by atoms with Gasteiger partial charge in [-0.1, -0.05) is 24.6 Å². The number of piperidine rings is 1. The Morgan fingerprint density at radius 1 is 1.32 bits per heavy atom. The lowest BCUT2D eigenvalue weighted by Gasteiger charge is -2.37. The zero-order valence-electron chi connectivity index (χ0n) is 15.5. The van der Waals surface area contributed by atoms with Gasteiger partial charge in [0.15, 0.2) is 5.60 Å². The van der Waals surface area contributed by atoms with Crippen LogP contribution < -0.4 is 15.4 Å². The molecule has 1 aromatic rings. The standard InChI is InChI=1S/C20H31N3O2/c1-3-23-14-4-5-17(23)15-22-19(24)20(10-12-21-13-11-20)25-18-8-6-16(2)7-9-18/h6-9,17,21H,3-5,10-15H2,1-2H3,(H,22,24). The zero-order chi connectivity index (χ0) is 17.7. The van der Waals surface area contributed by atoms with Crippen LogP contribution in [-0.2, 0) is 4.79 Å². The highest BCUT2D eigenvalue weighted by atomic mass is 16.5. The van der Waals surface area contributed by atoms with Crippen LogP contribution in [0.3, 0.4) is 0 Å². The Morgan fingerprint density at radius 3 is 2.72 bits per heavy atom. The molecule has 0 aromatic heterocycles. The number of hydrogen-bond donors (Lipinski definition) is 2. The summed E-state index contributed by atoms with van der Waals surface area (Å²) in [6.45, 7) is 8.78. The number of carbonyl (C=O) groups excluding carboxylic acids is 1. The summed E-state index contributed by atoms with van der Waals surface area (Å²) in [7, 11) is 0. The van der Waals surface area contributed by atoms with Crippen LogP contribution in [0, 0.1) is 6.92 Å². The van der Waals surface area contributed by atoms with Crippen LogP contribution >= 0.6 is 0 Å². The van der Waals surface area contributed by atoms with E-state index in [0.29, 0.717) is 18.9 Å². The lowest BCUT2D eigenvalue weighted by atomic mass is 9.90. The van der Waals surface area contributed by atoms with Gasteiger partial charge in [0.05, 0.1) is 0 Å². The summed E-state index contributed by atoms with van der Waals surface area (Å²) >= 11 is 0. The number of likely N-dealkylation sites (tertiary alicyclic amines) is 1. The molecule has 138 valence electrons. The molecule has 2 aliphatic heterocycles. The summed E-state index contributed by atoms with van der Waals surface area (Å²) in [6.07, 6.45) is 3.80. The van der Waals surface area contributed by atoms with Crippen molar-refractivity contribution in [3.8, 4) is 5.75 Å². The normalized spacial score (nSPS) is 23.4. The number of hydrogen-bond acceptors (Lipinski definition) is 4. The summed E-state index contributed by atoms with van der Waals surface area (Å²) in [4.78, 5) is 15.5. The van der Waals surface area contributed by atoms with Crippen molar-refractivity contribution in [2.75, 3.05) is 32.7 Å². The van der Waals surface area contributed by atoms with Gasteiger partial charge >= 0.3 is 0 Å². The zero-order valence-corrected chi connectivity index (χ0v) is 15.5. The number of ether oxygens (including phenoxy) is 1. The molecule has 1 aromatic carbocycles. The number of rotatable bonds is 6. The highest BCUT2D eigenvalue weighted by Crippen LogP contribution is 2.27. The van der Waals surface area contributed by atoms with Crippen LogP contribution in [0.15, 0.2) is 24.3 Å². The minimum Gasteiger partial charge on any atom is -0.477 e. The smallest absolute Gasteiger partial charge is 0.264 e. The van der Waals surface area contributed by atoms with Crippen molar-refractivity contribution >= 4 is 5.91 Å². The van der Waals surface area contributed by atoms with Gasteiger partial charge in [0.25, 0.3) is 5.91 Å². The van der Waals surface area contributed by atoms with Gasteiger partial charge in [0.1, 0.15) is 5.75 Å². The van der Waals surface area contributed by atoms with Crippen molar-refractivity contribution in [2.24, 2.45) is 0 Å². The molecule has 3 rings (SSSR count). The number of amides is 1. The van der Waals surface area contributed by atoms with E-state index in [-0.39, 0.29) is 5.91 Å².